The second kappa shape index (κ2) is 4.13. The average molecular weight is 206 g/mol. The lowest BCUT2D eigenvalue weighted by Gasteiger charge is -2.14. The van der Waals surface area contributed by atoms with E-state index in [4.69, 9.17) is 5.11 Å². The van der Waals surface area contributed by atoms with E-state index < -0.39 is 11.5 Å². The molecule has 0 aliphatic rings. The molecule has 0 fully saturated rings. The molecule has 0 heterocycles. The summed E-state index contributed by atoms with van der Waals surface area (Å²) in [6, 6.07) is 6.34. The predicted octanol–water partition coefficient (Wildman–Crippen LogP) is 1.04. The average Bonchev–Trinajstić information content (AvgIpc) is 2.16. The largest absolute Gasteiger partial charge is 0.872 e. The van der Waals surface area contributed by atoms with Crippen molar-refractivity contribution in [2.24, 2.45) is 4.99 Å². The number of carboxylic acids is 1. The van der Waals surface area contributed by atoms with Gasteiger partial charge in [-0.3, -0.25) is 4.99 Å². The van der Waals surface area contributed by atoms with Crippen molar-refractivity contribution in [3.63, 3.8) is 0 Å². The van der Waals surface area contributed by atoms with E-state index >= 15 is 0 Å². The number of aliphatic carboxylic acids is 1. The normalized spacial score (nSPS) is 11.9. The Morgan fingerprint density at radius 3 is 2.60 bits per heavy atom. The molecule has 4 heteroatoms. The smallest absolute Gasteiger partial charge is 0.330 e. The van der Waals surface area contributed by atoms with Crippen LogP contribution in [0.4, 0.5) is 0 Å². The second-order valence-corrected chi connectivity index (χ2v) is 3.66. The highest BCUT2D eigenvalue weighted by Gasteiger charge is 2.24. The van der Waals surface area contributed by atoms with Crippen molar-refractivity contribution in [2.75, 3.05) is 0 Å². The van der Waals surface area contributed by atoms with Crippen LogP contribution < -0.4 is 5.11 Å². The molecule has 4 nitrogen and oxygen atoms in total. The first-order valence-electron chi connectivity index (χ1n) is 4.48. The van der Waals surface area contributed by atoms with Crippen LogP contribution >= 0.6 is 0 Å². The predicted molar refractivity (Wildman–Crippen MR) is 55.2 cm³/mol. The Kier molecular flexibility index (Phi) is 3.09. The van der Waals surface area contributed by atoms with Crippen LogP contribution in [-0.2, 0) is 4.79 Å². The van der Waals surface area contributed by atoms with Gasteiger partial charge in [-0.25, -0.2) is 4.79 Å². The molecule has 0 radical (unpaired) electrons. The highest BCUT2D eigenvalue weighted by atomic mass is 16.4. The standard InChI is InChI=1S/C11H13NO3/c1-11(2,10(14)15)12-7-8-5-3-4-6-9(8)13/h3-7,13H,1-2H3,(H,14,15)/p-1. The summed E-state index contributed by atoms with van der Waals surface area (Å²) < 4.78 is 0. The zero-order valence-corrected chi connectivity index (χ0v) is 8.60. The molecule has 1 N–H and O–H groups in total. The van der Waals surface area contributed by atoms with Crippen LogP contribution in [0.1, 0.15) is 19.4 Å². The molecular weight excluding hydrogens is 194 g/mol. The number of para-hydroxylation sites is 1. The van der Waals surface area contributed by atoms with E-state index in [0.29, 0.717) is 5.56 Å². The van der Waals surface area contributed by atoms with Gasteiger partial charge in [0.1, 0.15) is 0 Å². The quantitative estimate of drug-likeness (QED) is 0.751. The monoisotopic (exact) mass is 206 g/mol. The molecule has 0 bridgehead atoms. The van der Waals surface area contributed by atoms with Crippen LogP contribution in [-0.4, -0.2) is 22.8 Å². The Morgan fingerprint density at radius 2 is 2.07 bits per heavy atom. The molecule has 0 aromatic heterocycles. The van der Waals surface area contributed by atoms with Crippen LogP contribution in [0.3, 0.4) is 0 Å². The molecule has 0 amide bonds. The van der Waals surface area contributed by atoms with E-state index in [1.807, 2.05) is 0 Å². The van der Waals surface area contributed by atoms with Gasteiger partial charge < -0.3 is 10.2 Å². The molecule has 0 unspecified atom stereocenters. The SMILES string of the molecule is CC(C)(N=Cc1ccccc1[O-])C(=O)O. The number of rotatable bonds is 3. The maximum absolute atomic E-state index is 11.3. The summed E-state index contributed by atoms with van der Waals surface area (Å²) in [7, 11) is 0. The van der Waals surface area contributed by atoms with Crippen molar-refractivity contribution < 1.29 is 15.0 Å². The first kappa shape index (κ1) is 11.2. The summed E-state index contributed by atoms with van der Waals surface area (Å²) in [4.78, 5) is 14.6. The molecule has 0 spiro atoms. The summed E-state index contributed by atoms with van der Waals surface area (Å²) in [6.07, 6.45) is 1.30. The van der Waals surface area contributed by atoms with Crippen LogP contribution in [0.2, 0.25) is 0 Å². The van der Waals surface area contributed by atoms with Gasteiger partial charge in [0.15, 0.2) is 5.54 Å². The minimum absolute atomic E-state index is 0.164. The summed E-state index contributed by atoms with van der Waals surface area (Å²) >= 11 is 0. The summed E-state index contributed by atoms with van der Waals surface area (Å²) in [5.41, 5.74) is -0.811. The molecule has 0 atom stereocenters. The summed E-state index contributed by atoms with van der Waals surface area (Å²) in [5.74, 6) is -1.19. The fourth-order valence-corrected chi connectivity index (χ4v) is 0.873. The zero-order chi connectivity index (χ0) is 11.5. The maximum atomic E-state index is 11.3. The van der Waals surface area contributed by atoms with Crippen LogP contribution in [0.25, 0.3) is 0 Å². The maximum Gasteiger partial charge on any atom is 0.330 e. The van der Waals surface area contributed by atoms with Crippen molar-refractivity contribution >= 4 is 12.2 Å². The molecule has 1 rings (SSSR count). The van der Waals surface area contributed by atoms with Crippen molar-refractivity contribution in [2.45, 2.75) is 19.4 Å². The van der Waals surface area contributed by atoms with Gasteiger partial charge in [0.25, 0.3) is 0 Å². The number of carbonyl (C=O) groups is 1. The number of hydrogen-bond donors (Lipinski definition) is 1. The molecule has 0 saturated heterocycles. The van der Waals surface area contributed by atoms with Crippen LogP contribution in [0, 0.1) is 0 Å². The summed E-state index contributed by atoms with van der Waals surface area (Å²) in [6.45, 7) is 2.94. The van der Waals surface area contributed by atoms with E-state index in [2.05, 4.69) is 4.99 Å². The lowest BCUT2D eigenvalue weighted by atomic mass is 10.1. The Balaban J connectivity index is 2.92. The van der Waals surface area contributed by atoms with Gasteiger partial charge in [0.2, 0.25) is 0 Å². The minimum atomic E-state index is -1.21. The van der Waals surface area contributed by atoms with Gasteiger partial charge in [0.05, 0.1) is 0 Å². The Labute approximate surface area is 87.9 Å². The third-order valence-corrected chi connectivity index (χ3v) is 1.97. The topological polar surface area (TPSA) is 72.7 Å². The molecule has 80 valence electrons. The van der Waals surface area contributed by atoms with Gasteiger partial charge in [-0.15, -0.1) is 5.75 Å². The first-order chi connectivity index (χ1) is 6.93. The van der Waals surface area contributed by atoms with Gasteiger partial charge in [-0.05, 0) is 19.4 Å². The molecule has 15 heavy (non-hydrogen) atoms. The van der Waals surface area contributed by atoms with Gasteiger partial charge in [-0.2, -0.15) is 0 Å². The van der Waals surface area contributed by atoms with E-state index in [9.17, 15) is 9.90 Å². The molecule has 0 aliphatic carbocycles. The lowest BCUT2D eigenvalue weighted by Crippen LogP contribution is -2.29. The Hall–Kier alpha value is -1.84. The molecular formula is C11H12NO3-. The van der Waals surface area contributed by atoms with Crippen LogP contribution in [0.5, 0.6) is 5.75 Å². The zero-order valence-electron chi connectivity index (χ0n) is 8.60. The first-order valence-corrected chi connectivity index (χ1v) is 4.48. The van der Waals surface area contributed by atoms with E-state index in [0.717, 1.165) is 0 Å². The van der Waals surface area contributed by atoms with Crippen molar-refractivity contribution in [1.29, 1.82) is 0 Å². The van der Waals surface area contributed by atoms with E-state index in [1.54, 1.807) is 18.2 Å². The number of nitrogens with zero attached hydrogens (tertiary/aromatic N) is 1. The van der Waals surface area contributed by atoms with Crippen molar-refractivity contribution in [3.05, 3.63) is 29.8 Å². The number of benzene rings is 1. The fraction of sp³-hybridized carbons (Fsp3) is 0.273. The number of hydrogen-bond acceptors (Lipinski definition) is 3. The van der Waals surface area contributed by atoms with E-state index in [1.165, 1.54) is 26.1 Å². The lowest BCUT2D eigenvalue weighted by molar-refractivity contribution is -0.268. The van der Waals surface area contributed by atoms with E-state index in [-0.39, 0.29) is 5.75 Å². The van der Waals surface area contributed by atoms with Gasteiger partial charge >= 0.3 is 5.97 Å². The number of carboxylic acid groups (broad SMARTS) is 1. The summed E-state index contributed by atoms with van der Waals surface area (Å²) in [5, 5.41) is 20.1. The molecule has 0 saturated carbocycles. The third kappa shape index (κ3) is 2.80. The minimum Gasteiger partial charge on any atom is -0.872 e. The molecule has 1 aromatic rings. The van der Waals surface area contributed by atoms with Crippen molar-refractivity contribution in [3.8, 4) is 5.75 Å². The van der Waals surface area contributed by atoms with Crippen LogP contribution in [0.15, 0.2) is 29.3 Å². The molecule has 0 aliphatic heterocycles. The highest BCUT2D eigenvalue weighted by molar-refractivity contribution is 5.87. The van der Waals surface area contributed by atoms with Crippen molar-refractivity contribution in [1.82, 2.24) is 0 Å². The third-order valence-electron chi connectivity index (χ3n) is 1.97. The second-order valence-electron chi connectivity index (χ2n) is 3.66. The Bertz CT molecular complexity index is 397. The Morgan fingerprint density at radius 1 is 1.47 bits per heavy atom. The fourth-order valence-electron chi connectivity index (χ4n) is 0.873. The highest BCUT2D eigenvalue weighted by Crippen LogP contribution is 2.13. The van der Waals surface area contributed by atoms with Gasteiger partial charge in [-0.1, -0.05) is 24.3 Å². The molecule has 1 aromatic carbocycles. The number of aliphatic imine (C=N–C) groups is 1. The van der Waals surface area contributed by atoms with Gasteiger partial charge in [0, 0.05) is 6.21 Å².